The van der Waals surface area contributed by atoms with Crippen molar-refractivity contribution in [2.24, 2.45) is 5.16 Å². The van der Waals surface area contributed by atoms with Gasteiger partial charge in [0, 0.05) is 21.2 Å². The zero-order chi connectivity index (χ0) is 23.1. The van der Waals surface area contributed by atoms with Crippen molar-refractivity contribution >= 4 is 50.6 Å². The number of halogens is 5. The molecule has 1 aromatic heterocycles. The first-order valence-electron chi connectivity index (χ1n) is 8.88. The Morgan fingerprint density at radius 1 is 1.06 bits per heavy atom. The highest BCUT2D eigenvalue weighted by atomic mass is 35.5. The van der Waals surface area contributed by atoms with Crippen molar-refractivity contribution in [3.63, 3.8) is 0 Å². The summed E-state index contributed by atoms with van der Waals surface area (Å²) in [4.78, 5) is 4.75. The summed E-state index contributed by atoms with van der Waals surface area (Å²) in [5.41, 5.74) is -2.45. The Kier molecular flexibility index (Phi) is 5.91. The molecule has 1 aliphatic heterocycles. The summed E-state index contributed by atoms with van der Waals surface area (Å²) in [6.07, 6.45) is -5.99. The first-order valence-corrected chi connectivity index (χ1v) is 11.9. The second-order valence-electron chi connectivity index (χ2n) is 6.76. The Balaban J connectivity index is 1.65. The smallest absolute Gasteiger partial charge is 0.371 e. The molecule has 12 heteroatoms. The molecule has 0 amide bonds. The SMILES string of the molecule is O=S(=O)(OC1=NOC(c2cc(Cl)cc(Cl)c2)(C(F)(F)F)C1)c1sccc1-c1ccccc1. The molecule has 32 heavy (non-hydrogen) atoms. The van der Waals surface area contributed by atoms with Gasteiger partial charge in [0.2, 0.25) is 0 Å². The number of oxime groups is 1. The highest BCUT2D eigenvalue weighted by Gasteiger charge is 2.63. The second kappa shape index (κ2) is 8.26. The van der Waals surface area contributed by atoms with Crippen LogP contribution in [0.25, 0.3) is 11.1 Å². The minimum atomic E-state index is -4.97. The molecule has 4 rings (SSSR count). The van der Waals surface area contributed by atoms with Gasteiger partial charge in [0.1, 0.15) is 0 Å². The highest BCUT2D eigenvalue weighted by Crippen LogP contribution is 2.49. The molecule has 0 spiro atoms. The molecule has 3 aromatic rings. The fraction of sp³-hybridized carbons (Fsp3) is 0.150. The summed E-state index contributed by atoms with van der Waals surface area (Å²) >= 11 is 12.6. The average Bonchev–Trinajstić information content (AvgIpc) is 3.35. The van der Waals surface area contributed by atoms with Crippen LogP contribution < -0.4 is 0 Å². The van der Waals surface area contributed by atoms with Crippen LogP contribution in [0.3, 0.4) is 0 Å². The van der Waals surface area contributed by atoms with Gasteiger partial charge >= 0.3 is 16.3 Å². The van der Waals surface area contributed by atoms with E-state index in [4.69, 9.17) is 32.2 Å². The lowest BCUT2D eigenvalue weighted by molar-refractivity contribution is -0.275. The number of benzene rings is 2. The summed E-state index contributed by atoms with van der Waals surface area (Å²) in [5.74, 6) is -0.745. The van der Waals surface area contributed by atoms with E-state index in [1.807, 2.05) is 0 Å². The molecular formula is C20H12Cl2F3NO4S2. The zero-order valence-electron chi connectivity index (χ0n) is 15.8. The van der Waals surface area contributed by atoms with E-state index in [0.29, 0.717) is 11.1 Å². The van der Waals surface area contributed by atoms with Crippen LogP contribution in [0.15, 0.2) is 69.3 Å². The van der Waals surface area contributed by atoms with Crippen LogP contribution in [0.2, 0.25) is 10.0 Å². The van der Waals surface area contributed by atoms with Crippen molar-refractivity contribution in [2.45, 2.75) is 22.4 Å². The van der Waals surface area contributed by atoms with E-state index in [9.17, 15) is 21.6 Å². The third kappa shape index (κ3) is 4.19. The predicted molar refractivity (Wildman–Crippen MR) is 115 cm³/mol. The van der Waals surface area contributed by atoms with Crippen molar-refractivity contribution in [1.82, 2.24) is 0 Å². The zero-order valence-corrected chi connectivity index (χ0v) is 18.9. The summed E-state index contributed by atoms with van der Waals surface area (Å²) in [5, 5.41) is 4.75. The number of nitrogens with zero attached hydrogens (tertiary/aromatic N) is 1. The lowest BCUT2D eigenvalue weighted by Gasteiger charge is -2.29. The Hall–Kier alpha value is -2.27. The van der Waals surface area contributed by atoms with Gasteiger partial charge in [0.15, 0.2) is 4.21 Å². The summed E-state index contributed by atoms with van der Waals surface area (Å²) in [7, 11) is -4.49. The first-order chi connectivity index (χ1) is 15.0. The normalized spacial score (nSPS) is 18.8. The van der Waals surface area contributed by atoms with E-state index >= 15 is 0 Å². The summed E-state index contributed by atoms with van der Waals surface area (Å²) in [6, 6.07) is 13.5. The lowest BCUT2D eigenvalue weighted by atomic mass is 9.90. The summed E-state index contributed by atoms with van der Waals surface area (Å²) < 4.78 is 72.7. The van der Waals surface area contributed by atoms with E-state index in [2.05, 4.69) is 5.16 Å². The quantitative estimate of drug-likeness (QED) is 0.362. The van der Waals surface area contributed by atoms with Gasteiger partial charge in [0.05, 0.1) is 6.42 Å². The van der Waals surface area contributed by atoms with Crippen LogP contribution in [0, 0.1) is 0 Å². The standard InChI is InChI=1S/C20H12Cl2F3NO4S2/c21-14-8-13(9-15(22)10-14)19(20(23,24)25)11-17(26-30-19)29-32(27,28)18-16(6-7-31-18)12-4-2-1-3-5-12/h1-10H,11H2. The maximum Gasteiger partial charge on any atom is 0.435 e. The van der Waals surface area contributed by atoms with E-state index in [0.717, 1.165) is 23.5 Å². The average molecular weight is 522 g/mol. The van der Waals surface area contributed by atoms with Crippen molar-refractivity contribution in [2.75, 3.05) is 0 Å². The monoisotopic (exact) mass is 521 g/mol. The molecule has 0 fully saturated rings. The van der Waals surface area contributed by atoms with E-state index in [1.54, 1.807) is 41.8 Å². The summed E-state index contributed by atoms with van der Waals surface area (Å²) in [6.45, 7) is 0. The minimum absolute atomic E-state index is 0.0483. The van der Waals surface area contributed by atoms with E-state index < -0.39 is 39.8 Å². The second-order valence-corrected chi connectivity index (χ2v) is 10.3. The van der Waals surface area contributed by atoms with Gasteiger partial charge in [-0.2, -0.15) is 21.6 Å². The van der Waals surface area contributed by atoms with E-state index in [1.165, 1.54) is 6.07 Å². The topological polar surface area (TPSA) is 65.0 Å². The van der Waals surface area contributed by atoms with Crippen molar-refractivity contribution in [1.29, 1.82) is 0 Å². The predicted octanol–water partition coefficient (Wildman–Crippen LogP) is 6.62. The van der Waals surface area contributed by atoms with Crippen molar-refractivity contribution < 1.29 is 30.6 Å². The molecular weight excluding hydrogens is 510 g/mol. The molecule has 1 atom stereocenters. The van der Waals surface area contributed by atoms with Crippen LogP contribution in [-0.2, 0) is 24.7 Å². The van der Waals surface area contributed by atoms with Crippen LogP contribution in [0.1, 0.15) is 12.0 Å². The number of hydrogen-bond donors (Lipinski definition) is 0. The van der Waals surface area contributed by atoms with Gasteiger partial charge in [-0.15, -0.1) is 11.3 Å². The highest BCUT2D eigenvalue weighted by molar-refractivity contribution is 7.89. The lowest BCUT2D eigenvalue weighted by Crippen LogP contribution is -2.42. The molecule has 0 saturated carbocycles. The number of alkyl halides is 3. The molecule has 0 saturated heterocycles. The molecule has 5 nitrogen and oxygen atoms in total. The maximum atomic E-state index is 14.0. The molecule has 0 N–H and O–H groups in total. The molecule has 1 unspecified atom stereocenters. The van der Waals surface area contributed by atoms with Crippen LogP contribution in [-0.4, -0.2) is 20.5 Å². The van der Waals surface area contributed by atoms with E-state index in [-0.39, 0.29) is 14.3 Å². The van der Waals surface area contributed by atoms with Gasteiger partial charge < -0.3 is 9.02 Å². The van der Waals surface area contributed by atoms with Crippen molar-refractivity contribution in [3.05, 3.63) is 75.6 Å². The third-order valence-corrected chi connectivity index (χ3v) is 7.77. The van der Waals surface area contributed by atoms with Gasteiger partial charge in [0.25, 0.3) is 11.5 Å². The molecule has 168 valence electrons. The van der Waals surface area contributed by atoms with Crippen molar-refractivity contribution in [3.8, 4) is 11.1 Å². The number of hydrogen-bond acceptors (Lipinski definition) is 6. The Morgan fingerprint density at radius 3 is 2.34 bits per heavy atom. The fourth-order valence-electron chi connectivity index (χ4n) is 3.19. The Morgan fingerprint density at radius 2 is 1.72 bits per heavy atom. The molecule has 2 heterocycles. The van der Waals surface area contributed by atoms with Gasteiger partial charge in [-0.25, -0.2) is 0 Å². The molecule has 1 aliphatic rings. The first kappa shape index (κ1) is 22.9. The molecule has 0 bridgehead atoms. The number of thiophene rings is 1. The third-order valence-electron chi connectivity index (χ3n) is 4.64. The molecule has 0 aliphatic carbocycles. The van der Waals surface area contributed by atoms with Gasteiger partial charge in [-0.05, 0) is 40.4 Å². The maximum absolute atomic E-state index is 14.0. The minimum Gasteiger partial charge on any atom is -0.371 e. The van der Waals surface area contributed by atoms with Crippen LogP contribution >= 0.6 is 34.5 Å². The number of rotatable bonds is 4. The fourth-order valence-corrected chi connectivity index (χ4v) is 5.97. The largest absolute Gasteiger partial charge is 0.435 e. The molecule has 2 aromatic carbocycles. The van der Waals surface area contributed by atoms with Gasteiger partial charge in [-0.1, -0.05) is 53.5 Å². The van der Waals surface area contributed by atoms with Crippen LogP contribution in [0.5, 0.6) is 0 Å². The van der Waals surface area contributed by atoms with Crippen LogP contribution in [0.4, 0.5) is 13.2 Å². The van der Waals surface area contributed by atoms with Gasteiger partial charge in [-0.3, -0.25) is 0 Å². The Bertz CT molecular complexity index is 1270. The molecule has 0 radical (unpaired) electrons. The Labute approximate surface area is 195 Å².